The van der Waals surface area contributed by atoms with Crippen LogP contribution in [0.2, 0.25) is 0 Å². The molecule has 2 atom stereocenters. The Morgan fingerprint density at radius 2 is 1.90 bits per heavy atom. The van der Waals surface area contributed by atoms with Crippen LogP contribution in [-0.2, 0) is 4.74 Å². The van der Waals surface area contributed by atoms with E-state index in [-0.39, 0.29) is 12.1 Å². The Labute approximate surface area is 128 Å². The molecule has 2 rings (SSSR count). The van der Waals surface area contributed by atoms with Crippen molar-refractivity contribution < 1.29 is 4.74 Å². The Balaban J connectivity index is 2.22. The summed E-state index contributed by atoms with van der Waals surface area (Å²) in [5, 5.41) is 0. The lowest BCUT2D eigenvalue weighted by atomic mass is 9.89. The fourth-order valence-electron chi connectivity index (χ4n) is 3.10. The maximum absolute atomic E-state index is 6.02. The van der Waals surface area contributed by atoms with Gasteiger partial charge >= 0.3 is 0 Å². The van der Waals surface area contributed by atoms with Crippen molar-refractivity contribution in [2.45, 2.75) is 57.6 Å². The van der Waals surface area contributed by atoms with Gasteiger partial charge in [0.05, 0.1) is 6.04 Å². The van der Waals surface area contributed by atoms with E-state index in [0.717, 1.165) is 12.8 Å². The van der Waals surface area contributed by atoms with Crippen molar-refractivity contribution >= 4 is 0 Å². The molecule has 0 bridgehead atoms. The number of benzene rings is 1. The van der Waals surface area contributed by atoms with Gasteiger partial charge in [-0.3, -0.25) is 11.3 Å². The maximum atomic E-state index is 6.02. The molecule has 0 spiro atoms. The van der Waals surface area contributed by atoms with E-state index in [1.807, 2.05) is 13.0 Å². The molecule has 1 aromatic rings. The minimum Gasteiger partial charge on any atom is -0.372 e. The van der Waals surface area contributed by atoms with Crippen molar-refractivity contribution in [1.29, 1.82) is 0 Å². The number of nitrogens with one attached hydrogen (secondary N) is 1. The van der Waals surface area contributed by atoms with Crippen molar-refractivity contribution in [1.82, 2.24) is 5.43 Å². The zero-order valence-corrected chi connectivity index (χ0v) is 13.1. The van der Waals surface area contributed by atoms with Crippen LogP contribution in [0.3, 0.4) is 0 Å². The van der Waals surface area contributed by atoms with E-state index < -0.39 is 0 Å². The molecule has 2 unspecified atom stereocenters. The number of hydrogen-bond acceptors (Lipinski definition) is 3. The fourth-order valence-corrected chi connectivity index (χ4v) is 3.10. The third-order valence-electron chi connectivity index (χ3n) is 4.18. The van der Waals surface area contributed by atoms with Crippen molar-refractivity contribution in [3.05, 3.63) is 47.5 Å². The predicted octanol–water partition coefficient (Wildman–Crippen LogP) is 3.88. The highest BCUT2D eigenvalue weighted by molar-refractivity contribution is 5.25. The largest absolute Gasteiger partial charge is 0.372 e. The molecule has 3 N–H and O–H groups in total. The Morgan fingerprint density at radius 1 is 1.14 bits per heavy atom. The van der Waals surface area contributed by atoms with E-state index in [1.54, 1.807) is 0 Å². The highest BCUT2D eigenvalue weighted by Gasteiger charge is 2.26. The first-order valence-electron chi connectivity index (χ1n) is 8.18. The Bertz CT molecular complexity index is 430. The molecule has 0 saturated carbocycles. The van der Waals surface area contributed by atoms with Crippen LogP contribution < -0.4 is 11.3 Å². The second kappa shape index (κ2) is 8.98. The van der Waals surface area contributed by atoms with Gasteiger partial charge in [-0.05, 0) is 38.2 Å². The molecule has 1 aliphatic carbocycles. The lowest BCUT2D eigenvalue weighted by molar-refractivity contribution is 0.0413. The summed E-state index contributed by atoms with van der Waals surface area (Å²) < 4.78 is 6.02. The van der Waals surface area contributed by atoms with Gasteiger partial charge in [-0.1, -0.05) is 54.8 Å². The first-order valence-corrected chi connectivity index (χ1v) is 8.18. The summed E-state index contributed by atoms with van der Waals surface area (Å²) >= 11 is 0. The number of hydrogen-bond donors (Lipinski definition) is 2. The van der Waals surface area contributed by atoms with Crippen LogP contribution in [0.25, 0.3) is 0 Å². The van der Waals surface area contributed by atoms with Gasteiger partial charge in [0.2, 0.25) is 0 Å². The predicted molar refractivity (Wildman–Crippen MR) is 87.7 cm³/mol. The van der Waals surface area contributed by atoms with Crippen molar-refractivity contribution in [3.8, 4) is 0 Å². The van der Waals surface area contributed by atoms with Crippen molar-refractivity contribution in [3.63, 3.8) is 0 Å². The SMILES string of the molecule is CCOC(c1ccccc1)C(NN)/C1=C/CCCCCC1. The van der Waals surface area contributed by atoms with Gasteiger partial charge in [-0.25, -0.2) is 0 Å². The summed E-state index contributed by atoms with van der Waals surface area (Å²) in [5.41, 5.74) is 5.60. The Kier molecular flexibility index (Phi) is 6.93. The molecular weight excluding hydrogens is 260 g/mol. The third kappa shape index (κ3) is 4.67. The summed E-state index contributed by atoms with van der Waals surface area (Å²) in [4.78, 5) is 0. The molecule has 0 fully saturated rings. The quantitative estimate of drug-likeness (QED) is 0.474. The van der Waals surface area contributed by atoms with Crippen molar-refractivity contribution in [2.75, 3.05) is 6.61 Å². The molecule has 0 aliphatic heterocycles. The summed E-state index contributed by atoms with van der Waals surface area (Å²) in [6.07, 6.45) is 9.82. The van der Waals surface area contributed by atoms with Crippen LogP contribution in [0.1, 0.15) is 57.1 Å². The van der Waals surface area contributed by atoms with E-state index >= 15 is 0 Å². The van der Waals surface area contributed by atoms with Gasteiger partial charge in [0, 0.05) is 6.61 Å². The van der Waals surface area contributed by atoms with Gasteiger partial charge in [0.1, 0.15) is 6.10 Å². The summed E-state index contributed by atoms with van der Waals surface area (Å²) in [6.45, 7) is 2.72. The van der Waals surface area contributed by atoms with Gasteiger partial charge < -0.3 is 4.74 Å². The summed E-state index contributed by atoms with van der Waals surface area (Å²) in [5.74, 6) is 5.89. The molecule has 3 heteroatoms. The number of rotatable bonds is 6. The zero-order chi connectivity index (χ0) is 14.9. The molecule has 0 heterocycles. The normalized spacial score (nSPS) is 21.7. The van der Waals surface area contributed by atoms with Crippen LogP contribution in [0.15, 0.2) is 42.0 Å². The van der Waals surface area contributed by atoms with Crippen LogP contribution in [0.4, 0.5) is 0 Å². The summed E-state index contributed by atoms with van der Waals surface area (Å²) in [7, 11) is 0. The molecule has 0 saturated heterocycles. The number of ether oxygens (including phenoxy) is 1. The van der Waals surface area contributed by atoms with E-state index in [9.17, 15) is 0 Å². The van der Waals surface area contributed by atoms with Crippen LogP contribution >= 0.6 is 0 Å². The molecule has 1 aromatic carbocycles. The molecule has 0 radical (unpaired) electrons. The Morgan fingerprint density at radius 3 is 2.62 bits per heavy atom. The van der Waals surface area contributed by atoms with Gasteiger partial charge in [-0.15, -0.1) is 0 Å². The van der Waals surface area contributed by atoms with E-state index in [2.05, 4.69) is 35.8 Å². The lowest BCUT2D eigenvalue weighted by Gasteiger charge is -2.30. The third-order valence-corrected chi connectivity index (χ3v) is 4.18. The lowest BCUT2D eigenvalue weighted by Crippen LogP contribution is -2.42. The minimum atomic E-state index is -0.0214. The smallest absolute Gasteiger partial charge is 0.103 e. The molecule has 0 aromatic heterocycles. The van der Waals surface area contributed by atoms with Crippen LogP contribution in [0.5, 0.6) is 0 Å². The minimum absolute atomic E-state index is 0.0214. The van der Waals surface area contributed by atoms with E-state index in [1.165, 1.54) is 36.8 Å². The van der Waals surface area contributed by atoms with Gasteiger partial charge in [0.15, 0.2) is 0 Å². The topological polar surface area (TPSA) is 47.3 Å². The highest BCUT2D eigenvalue weighted by Crippen LogP contribution is 2.29. The number of hydrazine groups is 1. The molecule has 116 valence electrons. The molecule has 1 aliphatic rings. The van der Waals surface area contributed by atoms with E-state index in [0.29, 0.717) is 6.61 Å². The average Bonchev–Trinajstić information content (AvgIpc) is 2.49. The first kappa shape index (κ1) is 16.2. The first-order chi connectivity index (χ1) is 10.4. The standard InChI is InChI=1S/C18H28N2O/c1-2-21-18(16-13-9-6-10-14-16)17(20-19)15-11-7-4-3-5-8-12-15/h6,9-11,13-14,17-18,20H,2-5,7-8,12,19H2,1H3/b15-11+. The second-order valence-corrected chi connectivity index (χ2v) is 5.66. The summed E-state index contributed by atoms with van der Waals surface area (Å²) in [6, 6.07) is 10.4. The zero-order valence-electron chi connectivity index (χ0n) is 13.1. The highest BCUT2D eigenvalue weighted by atomic mass is 16.5. The average molecular weight is 288 g/mol. The number of nitrogens with two attached hydrogens (primary N) is 1. The van der Waals surface area contributed by atoms with Crippen LogP contribution in [-0.4, -0.2) is 12.6 Å². The molecular formula is C18H28N2O. The van der Waals surface area contributed by atoms with Crippen molar-refractivity contribution in [2.24, 2.45) is 5.84 Å². The van der Waals surface area contributed by atoms with E-state index in [4.69, 9.17) is 10.6 Å². The van der Waals surface area contributed by atoms with Crippen LogP contribution in [0, 0.1) is 0 Å². The molecule has 3 nitrogen and oxygen atoms in total. The van der Waals surface area contributed by atoms with Gasteiger partial charge in [-0.2, -0.15) is 0 Å². The monoisotopic (exact) mass is 288 g/mol. The fraction of sp³-hybridized carbons (Fsp3) is 0.556. The Hall–Kier alpha value is -1.16. The molecule has 21 heavy (non-hydrogen) atoms. The molecule has 0 amide bonds. The van der Waals surface area contributed by atoms with Gasteiger partial charge in [0.25, 0.3) is 0 Å². The second-order valence-electron chi connectivity index (χ2n) is 5.66. The maximum Gasteiger partial charge on any atom is 0.103 e. The number of allylic oxidation sites excluding steroid dienone is 1.